The molecule has 0 radical (unpaired) electrons. The minimum Gasteiger partial charge on any atom is -0.493 e. The number of amides is 1. The molecule has 0 aromatic heterocycles. The zero-order valence-corrected chi connectivity index (χ0v) is 16.4. The van der Waals surface area contributed by atoms with Crippen molar-refractivity contribution < 1.29 is 14.3 Å². The summed E-state index contributed by atoms with van der Waals surface area (Å²) in [4.78, 5) is 17.3. The Morgan fingerprint density at radius 2 is 1.77 bits per heavy atom. The monoisotopic (exact) mass is 360 g/mol. The lowest BCUT2D eigenvalue weighted by Gasteiger charge is -2.36. The van der Waals surface area contributed by atoms with Gasteiger partial charge in [0.2, 0.25) is 5.91 Å². The van der Waals surface area contributed by atoms with Crippen LogP contribution in [0.3, 0.4) is 0 Å². The third-order valence-electron chi connectivity index (χ3n) is 5.91. The van der Waals surface area contributed by atoms with Crippen LogP contribution < -0.4 is 9.47 Å². The van der Waals surface area contributed by atoms with Crippen LogP contribution in [0.1, 0.15) is 50.2 Å². The lowest BCUT2D eigenvalue weighted by atomic mass is 9.94. The minimum absolute atomic E-state index is 0.248. The number of carbonyl (C=O) groups is 1. The van der Waals surface area contributed by atoms with Crippen LogP contribution >= 0.6 is 0 Å². The number of benzene rings is 1. The summed E-state index contributed by atoms with van der Waals surface area (Å²) in [7, 11) is 3.31. The first-order chi connectivity index (χ1) is 12.7. The van der Waals surface area contributed by atoms with Gasteiger partial charge in [-0.05, 0) is 49.1 Å². The first-order valence-electron chi connectivity index (χ1n) is 9.91. The molecule has 1 heterocycles. The van der Waals surface area contributed by atoms with E-state index in [1.54, 1.807) is 14.2 Å². The quantitative estimate of drug-likeness (QED) is 0.781. The van der Waals surface area contributed by atoms with E-state index >= 15 is 0 Å². The summed E-state index contributed by atoms with van der Waals surface area (Å²) in [5.74, 6) is 1.75. The van der Waals surface area contributed by atoms with E-state index in [1.807, 2.05) is 11.0 Å². The molecule has 144 valence electrons. The minimum atomic E-state index is 0.248. The fourth-order valence-corrected chi connectivity index (χ4v) is 4.32. The van der Waals surface area contributed by atoms with Gasteiger partial charge in [-0.15, -0.1) is 0 Å². The second kappa shape index (κ2) is 8.76. The van der Waals surface area contributed by atoms with Crippen molar-refractivity contribution >= 4 is 5.91 Å². The molecular weight excluding hydrogens is 328 g/mol. The van der Waals surface area contributed by atoms with E-state index in [1.165, 1.54) is 43.2 Å². The molecular formula is C21H32N2O3. The first kappa shape index (κ1) is 19.0. The van der Waals surface area contributed by atoms with Crippen molar-refractivity contribution in [3.8, 4) is 11.5 Å². The predicted molar refractivity (Wildman–Crippen MR) is 103 cm³/mol. The maximum absolute atomic E-state index is 12.9. The van der Waals surface area contributed by atoms with Crippen LogP contribution in [0.4, 0.5) is 0 Å². The molecule has 1 aliphatic heterocycles. The Bertz CT molecular complexity index is 626. The van der Waals surface area contributed by atoms with Crippen LogP contribution in [-0.4, -0.2) is 55.6 Å². The summed E-state index contributed by atoms with van der Waals surface area (Å²) >= 11 is 0. The molecule has 3 rings (SSSR count). The number of methoxy groups -OCH3 is 2. The number of hydrogen-bond donors (Lipinski definition) is 0. The molecule has 0 bridgehead atoms. The number of hydrogen-bond acceptors (Lipinski definition) is 4. The van der Waals surface area contributed by atoms with Gasteiger partial charge in [-0.3, -0.25) is 9.69 Å². The average molecular weight is 360 g/mol. The topological polar surface area (TPSA) is 42.0 Å². The van der Waals surface area contributed by atoms with Gasteiger partial charge in [0, 0.05) is 19.1 Å². The lowest BCUT2D eigenvalue weighted by Crippen LogP contribution is -2.46. The van der Waals surface area contributed by atoms with E-state index in [0.717, 1.165) is 31.0 Å². The summed E-state index contributed by atoms with van der Waals surface area (Å²) in [5.41, 5.74) is 2.43. The Morgan fingerprint density at radius 1 is 1.12 bits per heavy atom. The highest BCUT2D eigenvalue weighted by Gasteiger charge is 2.27. The molecule has 1 fully saturated rings. The van der Waals surface area contributed by atoms with Gasteiger partial charge in [-0.2, -0.15) is 0 Å². The van der Waals surface area contributed by atoms with Crippen LogP contribution in [0.2, 0.25) is 0 Å². The number of carbonyl (C=O) groups excluding carboxylic acids is 1. The smallest absolute Gasteiger partial charge is 0.237 e. The second-order valence-electron chi connectivity index (χ2n) is 7.40. The molecule has 0 N–H and O–H groups in total. The normalized spacial score (nSPS) is 17.9. The maximum Gasteiger partial charge on any atom is 0.237 e. The summed E-state index contributed by atoms with van der Waals surface area (Å²) in [5, 5.41) is 0. The van der Waals surface area contributed by atoms with Crippen molar-refractivity contribution in [2.75, 3.05) is 33.9 Å². The van der Waals surface area contributed by atoms with Crippen molar-refractivity contribution in [3.05, 3.63) is 23.3 Å². The second-order valence-corrected chi connectivity index (χ2v) is 7.40. The Balaban J connectivity index is 1.66. The molecule has 1 amide bonds. The molecule has 5 nitrogen and oxygen atoms in total. The van der Waals surface area contributed by atoms with Crippen LogP contribution in [0, 0.1) is 0 Å². The number of ether oxygens (including phenoxy) is 2. The SMILES string of the molecule is CCN(CC(=O)N1CCc2cc(OC)c(OC)cc2C1)C1CCCCC1. The van der Waals surface area contributed by atoms with Crippen molar-refractivity contribution in [2.45, 2.75) is 58.0 Å². The van der Waals surface area contributed by atoms with Crippen LogP contribution in [0.25, 0.3) is 0 Å². The van der Waals surface area contributed by atoms with E-state index in [0.29, 0.717) is 19.1 Å². The highest BCUT2D eigenvalue weighted by atomic mass is 16.5. The molecule has 0 spiro atoms. The highest BCUT2D eigenvalue weighted by Crippen LogP contribution is 2.33. The summed E-state index contributed by atoms with van der Waals surface area (Å²) < 4.78 is 10.8. The fraction of sp³-hybridized carbons (Fsp3) is 0.667. The van der Waals surface area contributed by atoms with Gasteiger partial charge < -0.3 is 14.4 Å². The predicted octanol–water partition coefficient (Wildman–Crippen LogP) is 3.24. The van der Waals surface area contributed by atoms with E-state index in [-0.39, 0.29) is 5.91 Å². The summed E-state index contributed by atoms with van der Waals surface area (Å²) in [6.07, 6.45) is 7.29. The van der Waals surface area contributed by atoms with Gasteiger partial charge in [0.15, 0.2) is 11.5 Å². The van der Waals surface area contributed by atoms with Gasteiger partial charge >= 0.3 is 0 Å². The zero-order valence-electron chi connectivity index (χ0n) is 16.4. The molecule has 0 atom stereocenters. The number of likely N-dealkylation sites (N-methyl/N-ethyl adjacent to an activating group) is 1. The summed E-state index contributed by atoms with van der Waals surface area (Å²) in [6, 6.07) is 4.65. The molecule has 0 saturated heterocycles. The molecule has 26 heavy (non-hydrogen) atoms. The van der Waals surface area contributed by atoms with Crippen molar-refractivity contribution in [1.82, 2.24) is 9.80 Å². The van der Waals surface area contributed by atoms with Gasteiger partial charge in [-0.1, -0.05) is 26.2 Å². The third-order valence-corrected chi connectivity index (χ3v) is 5.91. The fourth-order valence-electron chi connectivity index (χ4n) is 4.32. The van der Waals surface area contributed by atoms with E-state index < -0.39 is 0 Å². The van der Waals surface area contributed by atoms with Crippen molar-refractivity contribution in [3.63, 3.8) is 0 Å². The first-order valence-corrected chi connectivity index (χ1v) is 9.91. The molecule has 1 aromatic carbocycles. The Morgan fingerprint density at radius 3 is 2.38 bits per heavy atom. The van der Waals surface area contributed by atoms with Crippen molar-refractivity contribution in [1.29, 1.82) is 0 Å². The zero-order chi connectivity index (χ0) is 18.5. The molecule has 1 aliphatic carbocycles. The van der Waals surface area contributed by atoms with Crippen LogP contribution in [0.5, 0.6) is 11.5 Å². The maximum atomic E-state index is 12.9. The van der Waals surface area contributed by atoms with Gasteiger partial charge in [-0.25, -0.2) is 0 Å². The molecule has 1 aromatic rings. The standard InChI is InChI=1S/C21H32N2O3/c1-4-22(18-8-6-5-7-9-18)15-21(24)23-11-10-16-12-19(25-2)20(26-3)13-17(16)14-23/h12-13,18H,4-11,14-15H2,1-3H3. The number of fused-ring (bicyclic) bond motifs is 1. The average Bonchev–Trinajstić information content (AvgIpc) is 2.70. The molecule has 5 heteroatoms. The van der Waals surface area contributed by atoms with Crippen LogP contribution in [0.15, 0.2) is 12.1 Å². The van der Waals surface area contributed by atoms with Gasteiger partial charge in [0.25, 0.3) is 0 Å². The third kappa shape index (κ3) is 4.14. The number of rotatable bonds is 6. The van der Waals surface area contributed by atoms with E-state index in [2.05, 4.69) is 17.9 Å². The van der Waals surface area contributed by atoms with Gasteiger partial charge in [0.1, 0.15) is 0 Å². The Kier molecular flexibility index (Phi) is 6.41. The molecule has 2 aliphatic rings. The van der Waals surface area contributed by atoms with E-state index in [9.17, 15) is 4.79 Å². The molecule has 0 unspecified atom stereocenters. The lowest BCUT2D eigenvalue weighted by molar-refractivity contribution is -0.134. The molecule has 1 saturated carbocycles. The Labute approximate surface area is 157 Å². The van der Waals surface area contributed by atoms with E-state index in [4.69, 9.17) is 9.47 Å². The largest absolute Gasteiger partial charge is 0.493 e. The number of nitrogens with zero attached hydrogens (tertiary/aromatic N) is 2. The van der Waals surface area contributed by atoms with Crippen LogP contribution in [-0.2, 0) is 17.8 Å². The van der Waals surface area contributed by atoms with Crippen molar-refractivity contribution in [2.24, 2.45) is 0 Å². The highest BCUT2D eigenvalue weighted by molar-refractivity contribution is 5.78. The van der Waals surface area contributed by atoms with Gasteiger partial charge in [0.05, 0.1) is 20.8 Å². The summed E-state index contributed by atoms with van der Waals surface area (Å²) in [6.45, 7) is 5.11. The Hall–Kier alpha value is -1.75.